The van der Waals surface area contributed by atoms with Crippen molar-refractivity contribution in [2.75, 3.05) is 18.0 Å². The molecule has 3 aliphatic rings. The van der Waals surface area contributed by atoms with Gasteiger partial charge in [0.1, 0.15) is 17.5 Å². The number of benzene rings is 3. The first-order chi connectivity index (χ1) is 19.7. The van der Waals surface area contributed by atoms with Gasteiger partial charge in [-0.3, -0.25) is 0 Å². The van der Waals surface area contributed by atoms with Gasteiger partial charge in [0, 0.05) is 5.69 Å². The lowest BCUT2D eigenvalue weighted by Gasteiger charge is -2.33. The van der Waals surface area contributed by atoms with Crippen LogP contribution in [0.4, 0.5) is 10.1 Å². The Balaban J connectivity index is 1.16. The molecule has 3 aromatic carbocycles. The first-order valence-electron chi connectivity index (χ1n) is 14.7. The SMILES string of the molecule is Fc1ccc(N2C(c3ccc4nc(C5CCCN5)[nH]c4c3)CCC2c2ccc3nc([C@@H]4CCCN4)[nH]c3c2)cc1. The lowest BCUT2D eigenvalue weighted by atomic mass is 10.0. The van der Waals surface area contributed by atoms with Gasteiger partial charge in [-0.15, -0.1) is 0 Å². The van der Waals surface area contributed by atoms with Crippen LogP contribution in [0.1, 0.15) is 85.5 Å². The Kier molecular flexibility index (Phi) is 5.85. The van der Waals surface area contributed by atoms with Gasteiger partial charge in [-0.2, -0.15) is 0 Å². The molecular formula is C32H34FN7. The van der Waals surface area contributed by atoms with Crippen molar-refractivity contribution in [2.45, 2.75) is 62.7 Å². The van der Waals surface area contributed by atoms with Gasteiger partial charge in [0.25, 0.3) is 0 Å². The maximum absolute atomic E-state index is 14.0. The van der Waals surface area contributed by atoms with E-state index in [0.29, 0.717) is 12.1 Å². The van der Waals surface area contributed by atoms with E-state index in [-0.39, 0.29) is 17.9 Å². The molecule has 0 spiro atoms. The number of hydrogen-bond acceptors (Lipinski definition) is 5. The molecule has 2 aromatic heterocycles. The highest BCUT2D eigenvalue weighted by molar-refractivity contribution is 5.78. The van der Waals surface area contributed by atoms with Crippen molar-refractivity contribution in [1.82, 2.24) is 30.6 Å². The number of H-pyrrole nitrogens is 2. The molecule has 8 heteroatoms. The molecule has 8 rings (SSSR count). The van der Waals surface area contributed by atoms with Crippen LogP contribution in [-0.4, -0.2) is 33.0 Å². The third-order valence-electron chi connectivity index (χ3n) is 9.11. The molecule has 0 saturated carbocycles. The van der Waals surface area contributed by atoms with E-state index in [2.05, 4.69) is 61.9 Å². The van der Waals surface area contributed by atoms with E-state index >= 15 is 0 Å². The predicted octanol–water partition coefficient (Wildman–Crippen LogP) is 6.51. The number of hydrogen-bond donors (Lipinski definition) is 4. The van der Waals surface area contributed by atoms with Crippen LogP contribution < -0.4 is 15.5 Å². The van der Waals surface area contributed by atoms with Gasteiger partial charge in [0.05, 0.1) is 46.2 Å². The smallest absolute Gasteiger partial charge is 0.124 e. The third-order valence-corrected chi connectivity index (χ3v) is 9.11. The van der Waals surface area contributed by atoms with Gasteiger partial charge in [-0.05, 0) is 111 Å². The molecule has 204 valence electrons. The van der Waals surface area contributed by atoms with Crippen LogP contribution in [0.5, 0.6) is 0 Å². The summed E-state index contributed by atoms with van der Waals surface area (Å²) in [5.74, 6) is 1.85. The fourth-order valence-electron chi connectivity index (χ4n) is 7.11. The standard InChI is InChI=1S/C32H34FN7/c33-21-7-9-22(10-8-21)40-29(19-5-11-23-27(17-19)38-31(36-23)25-3-1-15-34-25)13-14-30(40)20-6-12-24-28(18-20)39-32(37-24)26-4-2-16-35-26/h5-12,17-18,25-26,29-30,34-35H,1-4,13-16H2,(H,36,38)(H,37,39)/t25-,26?,29?,30?/m0/s1. The quantitative estimate of drug-likeness (QED) is 0.206. The van der Waals surface area contributed by atoms with Crippen molar-refractivity contribution in [2.24, 2.45) is 0 Å². The topological polar surface area (TPSA) is 84.7 Å². The van der Waals surface area contributed by atoms with E-state index in [0.717, 1.165) is 78.2 Å². The summed E-state index contributed by atoms with van der Waals surface area (Å²) >= 11 is 0. The number of anilines is 1. The van der Waals surface area contributed by atoms with Crippen LogP contribution in [0.3, 0.4) is 0 Å². The second-order valence-corrected chi connectivity index (χ2v) is 11.6. The van der Waals surface area contributed by atoms with Gasteiger partial charge < -0.3 is 25.5 Å². The van der Waals surface area contributed by atoms with E-state index < -0.39 is 0 Å². The molecule has 0 aliphatic carbocycles. The van der Waals surface area contributed by atoms with Gasteiger partial charge >= 0.3 is 0 Å². The Hall–Kier alpha value is -3.75. The van der Waals surface area contributed by atoms with Crippen molar-refractivity contribution < 1.29 is 4.39 Å². The molecule has 3 aliphatic heterocycles. The molecule has 4 atom stereocenters. The van der Waals surface area contributed by atoms with Crippen LogP contribution in [0.15, 0.2) is 60.7 Å². The zero-order valence-corrected chi connectivity index (χ0v) is 22.5. The second-order valence-electron chi connectivity index (χ2n) is 11.6. The molecule has 40 heavy (non-hydrogen) atoms. The molecule has 5 heterocycles. The van der Waals surface area contributed by atoms with Crippen molar-refractivity contribution >= 4 is 27.8 Å². The summed E-state index contributed by atoms with van der Waals surface area (Å²) in [7, 11) is 0. The Bertz CT molecular complexity index is 1560. The largest absolute Gasteiger partial charge is 0.357 e. The minimum atomic E-state index is -0.213. The number of imidazole rings is 2. The van der Waals surface area contributed by atoms with E-state index in [1.54, 1.807) is 12.1 Å². The molecule has 0 radical (unpaired) electrons. The van der Waals surface area contributed by atoms with Gasteiger partial charge in [-0.1, -0.05) is 12.1 Å². The molecule has 4 N–H and O–H groups in total. The Morgan fingerprint density at radius 1 is 0.650 bits per heavy atom. The van der Waals surface area contributed by atoms with E-state index in [4.69, 9.17) is 9.97 Å². The molecule has 3 saturated heterocycles. The Morgan fingerprint density at radius 3 is 1.65 bits per heavy atom. The molecule has 7 nitrogen and oxygen atoms in total. The molecule has 0 amide bonds. The van der Waals surface area contributed by atoms with Crippen LogP contribution in [0, 0.1) is 5.82 Å². The lowest BCUT2D eigenvalue weighted by Crippen LogP contribution is -2.26. The highest BCUT2D eigenvalue weighted by Gasteiger charge is 2.36. The molecule has 5 aromatic rings. The van der Waals surface area contributed by atoms with Crippen LogP contribution in [0.25, 0.3) is 22.1 Å². The summed E-state index contributed by atoms with van der Waals surface area (Å²) < 4.78 is 14.0. The van der Waals surface area contributed by atoms with Crippen LogP contribution >= 0.6 is 0 Å². The zero-order chi connectivity index (χ0) is 26.6. The maximum Gasteiger partial charge on any atom is 0.124 e. The molecule has 3 unspecified atom stereocenters. The molecule has 3 fully saturated rings. The summed E-state index contributed by atoms with van der Waals surface area (Å²) in [5.41, 5.74) is 7.72. The summed E-state index contributed by atoms with van der Waals surface area (Å²) in [6, 6.07) is 21.2. The Labute approximate surface area is 232 Å². The number of aromatic nitrogens is 4. The highest BCUT2D eigenvalue weighted by Crippen LogP contribution is 2.47. The number of nitrogens with zero attached hydrogens (tertiary/aromatic N) is 3. The first kappa shape index (κ1) is 24.1. The number of nitrogens with one attached hydrogen (secondary N) is 4. The van der Waals surface area contributed by atoms with Gasteiger partial charge in [0.2, 0.25) is 0 Å². The summed E-state index contributed by atoms with van der Waals surface area (Å²) in [4.78, 5) is 19.4. The fraction of sp³-hybridized carbons (Fsp3) is 0.375. The fourth-order valence-corrected chi connectivity index (χ4v) is 7.11. The normalized spacial score (nSPS) is 25.1. The molecular weight excluding hydrogens is 501 g/mol. The lowest BCUT2D eigenvalue weighted by molar-refractivity contribution is 0.614. The third kappa shape index (κ3) is 4.17. The Morgan fingerprint density at radius 2 is 1.18 bits per heavy atom. The zero-order valence-electron chi connectivity index (χ0n) is 22.5. The van der Waals surface area contributed by atoms with E-state index in [9.17, 15) is 4.39 Å². The van der Waals surface area contributed by atoms with Crippen molar-refractivity contribution in [3.8, 4) is 0 Å². The van der Waals surface area contributed by atoms with Crippen molar-refractivity contribution in [1.29, 1.82) is 0 Å². The minimum absolute atomic E-state index is 0.173. The summed E-state index contributed by atoms with van der Waals surface area (Å²) in [6.45, 7) is 2.10. The van der Waals surface area contributed by atoms with Gasteiger partial charge in [0.15, 0.2) is 0 Å². The van der Waals surface area contributed by atoms with E-state index in [1.165, 1.54) is 24.0 Å². The molecule has 0 bridgehead atoms. The van der Waals surface area contributed by atoms with E-state index in [1.807, 2.05) is 12.1 Å². The monoisotopic (exact) mass is 535 g/mol. The predicted molar refractivity (Wildman–Crippen MR) is 156 cm³/mol. The van der Waals surface area contributed by atoms with Crippen molar-refractivity contribution in [3.05, 3.63) is 89.3 Å². The number of halogens is 1. The number of rotatable bonds is 5. The first-order valence-corrected chi connectivity index (χ1v) is 14.7. The highest BCUT2D eigenvalue weighted by atomic mass is 19.1. The maximum atomic E-state index is 14.0. The number of fused-ring (bicyclic) bond motifs is 2. The van der Waals surface area contributed by atoms with Gasteiger partial charge in [-0.25, -0.2) is 14.4 Å². The summed E-state index contributed by atoms with van der Waals surface area (Å²) in [5, 5.41) is 7.09. The minimum Gasteiger partial charge on any atom is -0.357 e. The summed E-state index contributed by atoms with van der Waals surface area (Å²) in [6.07, 6.45) is 6.63. The average molecular weight is 536 g/mol. The van der Waals surface area contributed by atoms with Crippen molar-refractivity contribution in [3.63, 3.8) is 0 Å². The van der Waals surface area contributed by atoms with Crippen LogP contribution in [-0.2, 0) is 0 Å². The average Bonchev–Trinajstić information content (AvgIpc) is 3.81. The second kappa shape index (κ2) is 9.71. The van der Waals surface area contributed by atoms with Crippen LogP contribution in [0.2, 0.25) is 0 Å². The number of aromatic amines is 2.